The first kappa shape index (κ1) is 32.0. The van der Waals surface area contributed by atoms with Crippen molar-refractivity contribution in [2.24, 2.45) is 0 Å². The monoisotopic (exact) mass is 705 g/mol. The summed E-state index contributed by atoms with van der Waals surface area (Å²) in [6.07, 6.45) is 0. The summed E-state index contributed by atoms with van der Waals surface area (Å²) in [5.41, 5.74) is 13.0. The Balaban J connectivity index is 1.05. The van der Waals surface area contributed by atoms with E-state index in [1.807, 2.05) is 11.3 Å². The van der Waals surface area contributed by atoms with E-state index in [-0.39, 0.29) is 0 Å². The molecule has 0 N–H and O–H groups in total. The van der Waals surface area contributed by atoms with E-state index in [1.165, 1.54) is 75.5 Å². The smallest absolute Gasteiger partial charge is 0.0467 e. The predicted molar refractivity (Wildman–Crippen MR) is 233 cm³/mol. The molecule has 10 aromatic rings. The maximum absolute atomic E-state index is 2.38. The zero-order valence-corrected chi connectivity index (χ0v) is 30.4. The second-order valence-electron chi connectivity index (χ2n) is 13.8. The average Bonchev–Trinajstić information content (AvgIpc) is 3.64. The molecule has 0 aliphatic heterocycles. The first-order valence-corrected chi connectivity index (χ1v) is 19.2. The second-order valence-corrected chi connectivity index (χ2v) is 14.8. The summed E-state index contributed by atoms with van der Waals surface area (Å²) in [4.78, 5) is 2.38. The number of benzene rings is 9. The van der Waals surface area contributed by atoms with Crippen LogP contribution in [0.5, 0.6) is 0 Å². The molecule has 1 aromatic heterocycles. The molecule has 0 bridgehead atoms. The topological polar surface area (TPSA) is 3.24 Å². The zero-order valence-electron chi connectivity index (χ0n) is 29.6. The van der Waals surface area contributed by atoms with Crippen molar-refractivity contribution in [3.63, 3.8) is 0 Å². The lowest BCUT2D eigenvalue weighted by atomic mass is 9.98. The Labute approximate surface area is 319 Å². The van der Waals surface area contributed by atoms with Crippen molar-refractivity contribution in [2.45, 2.75) is 0 Å². The van der Waals surface area contributed by atoms with E-state index in [4.69, 9.17) is 0 Å². The van der Waals surface area contributed by atoms with Crippen molar-refractivity contribution in [3.05, 3.63) is 212 Å². The number of hydrogen-bond donors (Lipinski definition) is 0. The third kappa shape index (κ3) is 5.93. The molecule has 0 fully saturated rings. The summed E-state index contributed by atoms with van der Waals surface area (Å²) >= 11 is 1.86. The van der Waals surface area contributed by atoms with Crippen molar-refractivity contribution in [1.82, 2.24) is 0 Å². The molecule has 0 amide bonds. The van der Waals surface area contributed by atoms with Gasteiger partial charge in [-0.15, -0.1) is 11.3 Å². The number of anilines is 3. The van der Waals surface area contributed by atoms with Crippen LogP contribution in [0.1, 0.15) is 0 Å². The van der Waals surface area contributed by atoms with Gasteiger partial charge in [-0.3, -0.25) is 0 Å². The molecule has 10 rings (SSSR count). The van der Waals surface area contributed by atoms with Gasteiger partial charge in [0, 0.05) is 37.2 Å². The third-order valence-electron chi connectivity index (χ3n) is 10.5. The summed E-state index contributed by atoms with van der Waals surface area (Å²) in [6, 6.07) is 77.1. The van der Waals surface area contributed by atoms with Crippen LogP contribution in [0.2, 0.25) is 0 Å². The predicted octanol–water partition coefficient (Wildman–Crippen LogP) is 15.3. The summed E-state index contributed by atoms with van der Waals surface area (Å²) in [7, 11) is 0. The van der Waals surface area contributed by atoms with E-state index in [2.05, 4.69) is 217 Å². The molecule has 0 aliphatic carbocycles. The normalized spacial score (nSPS) is 11.3. The van der Waals surface area contributed by atoms with Gasteiger partial charge >= 0.3 is 0 Å². The van der Waals surface area contributed by atoms with Gasteiger partial charge in [0.2, 0.25) is 0 Å². The molecule has 0 aliphatic rings. The highest BCUT2D eigenvalue weighted by Gasteiger charge is 2.16. The Kier molecular flexibility index (Phi) is 8.09. The third-order valence-corrected chi connectivity index (χ3v) is 11.6. The lowest BCUT2D eigenvalue weighted by Gasteiger charge is -2.26. The summed E-state index contributed by atoms with van der Waals surface area (Å²) < 4.78 is 2.63. The molecule has 0 atom stereocenters. The van der Waals surface area contributed by atoms with Crippen LogP contribution >= 0.6 is 11.3 Å². The van der Waals surface area contributed by atoms with Crippen LogP contribution in [-0.2, 0) is 0 Å². The highest BCUT2D eigenvalue weighted by molar-refractivity contribution is 7.25. The fourth-order valence-corrected chi connectivity index (χ4v) is 8.87. The largest absolute Gasteiger partial charge is 0.310 e. The number of thiophene rings is 1. The van der Waals surface area contributed by atoms with E-state index in [0.717, 1.165) is 17.1 Å². The summed E-state index contributed by atoms with van der Waals surface area (Å²) in [5, 5.41) is 5.14. The molecule has 0 radical (unpaired) electrons. The van der Waals surface area contributed by atoms with Crippen molar-refractivity contribution in [2.75, 3.05) is 4.90 Å². The van der Waals surface area contributed by atoms with Crippen LogP contribution in [0.4, 0.5) is 17.1 Å². The number of hydrogen-bond acceptors (Lipinski definition) is 2. The van der Waals surface area contributed by atoms with Gasteiger partial charge in [0.1, 0.15) is 0 Å². The zero-order chi connectivity index (χ0) is 35.8. The fraction of sp³-hybridized carbons (Fsp3) is 0. The summed E-state index contributed by atoms with van der Waals surface area (Å²) in [5.74, 6) is 0. The molecule has 1 heterocycles. The minimum Gasteiger partial charge on any atom is -0.310 e. The van der Waals surface area contributed by atoms with Crippen LogP contribution in [0.15, 0.2) is 212 Å². The van der Waals surface area contributed by atoms with Crippen LogP contribution < -0.4 is 4.90 Å². The van der Waals surface area contributed by atoms with E-state index in [9.17, 15) is 0 Å². The molecule has 9 aromatic carbocycles. The van der Waals surface area contributed by atoms with Gasteiger partial charge in [-0.25, -0.2) is 0 Å². The second kappa shape index (κ2) is 13.7. The lowest BCUT2D eigenvalue weighted by molar-refractivity contribution is 1.28. The van der Waals surface area contributed by atoms with Gasteiger partial charge < -0.3 is 4.90 Å². The Morgan fingerprint density at radius 2 is 0.815 bits per heavy atom. The molecule has 0 unspecified atom stereocenters. The highest BCUT2D eigenvalue weighted by Crippen LogP contribution is 2.43. The lowest BCUT2D eigenvalue weighted by Crippen LogP contribution is -2.10. The number of nitrogens with zero attached hydrogens (tertiary/aromatic N) is 1. The van der Waals surface area contributed by atoms with Crippen LogP contribution in [0.3, 0.4) is 0 Å². The Morgan fingerprint density at radius 3 is 1.54 bits per heavy atom. The SMILES string of the molecule is c1ccc(-c2ccc(-c3ccc(N(c4ccc(-c5ccc6ccccc6c5)cc4)c4cccc(-c5cccc6sc7ccccc7c56)c4)cc3)cc2)cc1. The molecule has 0 spiro atoms. The van der Waals surface area contributed by atoms with Crippen LogP contribution in [-0.4, -0.2) is 0 Å². The van der Waals surface area contributed by atoms with Crippen molar-refractivity contribution < 1.29 is 0 Å². The van der Waals surface area contributed by atoms with Gasteiger partial charge in [-0.1, -0.05) is 158 Å². The van der Waals surface area contributed by atoms with Gasteiger partial charge in [0.25, 0.3) is 0 Å². The molecule has 0 saturated heterocycles. The van der Waals surface area contributed by atoms with Gasteiger partial charge in [-0.05, 0) is 110 Å². The molecule has 1 nitrogen and oxygen atoms in total. The maximum atomic E-state index is 2.38. The number of fused-ring (bicyclic) bond motifs is 4. The maximum Gasteiger partial charge on any atom is 0.0467 e. The molecule has 254 valence electrons. The first-order chi connectivity index (χ1) is 26.7. The molecule has 0 saturated carbocycles. The van der Waals surface area contributed by atoms with E-state index < -0.39 is 0 Å². The molecular formula is C52H35NS. The van der Waals surface area contributed by atoms with Crippen LogP contribution in [0, 0.1) is 0 Å². The average molecular weight is 706 g/mol. The van der Waals surface area contributed by atoms with E-state index in [1.54, 1.807) is 0 Å². The van der Waals surface area contributed by atoms with E-state index in [0.29, 0.717) is 0 Å². The van der Waals surface area contributed by atoms with Crippen molar-refractivity contribution in [3.8, 4) is 44.5 Å². The highest BCUT2D eigenvalue weighted by atomic mass is 32.1. The number of rotatable bonds is 7. The Hall–Kier alpha value is -6.74. The van der Waals surface area contributed by atoms with Crippen molar-refractivity contribution >= 4 is 59.3 Å². The Morgan fingerprint density at radius 1 is 0.296 bits per heavy atom. The fourth-order valence-electron chi connectivity index (χ4n) is 7.74. The van der Waals surface area contributed by atoms with Gasteiger partial charge in [-0.2, -0.15) is 0 Å². The quantitative estimate of drug-likeness (QED) is 0.160. The molecule has 2 heteroatoms. The van der Waals surface area contributed by atoms with Crippen molar-refractivity contribution in [1.29, 1.82) is 0 Å². The van der Waals surface area contributed by atoms with Crippen LogP contribution in [0.25, 0.3) is 75.5 Å². The van der Waals surface area contributed by atoms with Gasteiger partial charge in [0.15, 0.2) is 0 Å². The molecular weight excluding hydrogens is 671 g/mol. The minimum atomic E-state index is 1.11. The standard InChI is InChI=1S/C52H35NS/c1-2-10-36(11-3-1)38-20-22-39(23-21-38)40-26-30-45(31-27-40)53(46-32-28-41(29-33-46)43-25-24-37-12-4-5-13-42(37)34-43)47-15-8-14-44(35-47)48-17-9-19-51-52(48)49-16-6-7-18-50(49)54-51/h1-35H. The van der Waals surface area contributed by atoms with Gasteiger partial charge in [0.05, 0.1) is 0 Å². The first-order valence-electron chi connectivity index (χ1n) is 18.4. The summed E-state index contributed by atoms with van der Waals surface area (Å²) in [6.45, 7) is 0. The van der Waals surface area contributed by atoms with E-state index >= 15 is 0 Å². The minimum absolute atomic E-state index is 1.11. The Bertz CT molecular complexity index is 2900. The molecule has 54 heavy (non-hydrogen) atoms.